The number of rotatable bonds is 6. The van der Waals surface area contributed by atoms with Crippen LogP contribution in [0.1, 0.15) is 25.7 Å². The first-order chi connectivity index (χ1) is 16.6. The van der Waals surface area contributed by atoms with Crippen LogP contribution in [0.4, 0.5) is 26.2 Å². The molecule has 0 amide bonds. The Morgan fingerprint density at radius 2 is 1.59 bits per heavy atom. The highest BCUT2D eigenvalue weighted by atomic mass is 19.2. The summed E-state index contributed by atoms with van der Waals surface area (Å²) in [5.74, 6) is 0.369. The zero-order valence-corrected chi connectivity index (χ0v) is 19.5. The Balaban J connectivity index is 1.49. The van der Waals surface area contributed by atoms with Gasteiger partial charge < -0.3 is 24.6 Å². The summed E-state index contributed by atoms with van der Waals surface area (Å²) in [6.45, 7) is 4.12. The molecule has 34 heavy (non-hydrogen) atoms. The van der Waals surface area contributed by atoms with Gasteiger partial charge in [0.15, 0.2) is 23.1 Å². The van der Waals surface area contributed by atoms with Gasteiger partial charge in [0.25, 0.3) is 0 Å². The lowest BCUT2D eigenvalue weighted by Crippen LogP contribution is -2.44. The molecule has 7 nitrogen and oxygen atoms in total. The van der Waals surface area contributed by atoms with Crippen LogP contribution in [0.25, 0.3) is 10.9 Å². The molecule has 0 saturated carbocycles. The SMILES string of the molecule is COc1cc2nc(N3CCC(N4CCCC4)CC3)nc(Nc3ccc(F)c(F)c3)c2cc1OC. The molecule has 3 aromatic rings. The van der Waals surface area contributed by atoms with Crippen molar-refractivity contribution < 1.29 is 18.3 Å². The first-order valence-electron chi connectivity index (χ1n) is 11.7. The van der Waals surface area contributed by atoms with Crippen molar-refractivity contribution in [3.05, 3.63) is 42.0 Å². The maximum absolute atomic E-state index is 13.9. The molecule has 0 atom stereocenters. The number of hydrogen-bond acceptors (Lipinski definition) is 7. The van der Waals surface area contributed by atoms with E-state index < -0.39 is 11.6 Å². The Labute approximate surface area is 197 Å². The molecule has 5 rings (SSSR count). The van der Waals surface area contributed by atoms with E-state index in [1.165, 1.54) is 32.0 Å². The Bertz CT molecular complexity index is 1180. The van der Waals surface area contributed by atoms with Crippen LogP contribution in [0.2, 0.25) is 0 Å². The molecule has 0 unspecified atom stereocenters. The zero-order valence-electron chi connectivity index (χ0n) is 19.5. The van der Waals surface area contributed by atoms with Crippen molar-refractivity contribution in [3.63, 3.8) is 0 Å². The number of nitrogens with one attached hydrogen (secondary N) is 1. The number of aromatic nitrogens is 2. The Morgan fingerprint density at radius 1 is 0.882 bits per heavy atom. The number of fused-ring (bicyclic) bond motifs is 1. The maximum Gasteiger partial charge on any atom is 0.227 e. The molecule has 0 aliphatic carbocycles. The fourth-order valence-corrected chi connectivity index (χ4v) is 4.93. The largest absolute Gasteiger partial charge is 0.493 e. The highest BCUT2D eigenvalue weighted by Gasteiger charge is 2.28. The van der Waals surface area contributed by atoms with Crippen molar-refractivity contribution in [1.29, 1.82) is 0 Å². The lowest BCUT2D eigenvalue weighted by molar-refractivity contribution is 0.207. The van der Waals surface area contributed by atoms with Crippen LogP contribution >= 0.6 is 0 Å². The number of likely N-dealkylation sites (tertiary alicyclic amines) is 1. The van der Waals surface area contributed by atoms with E-state index in [0.29, 0.717) is 45.9 Å². The molecule has 2 aromatic carbocycles. The van der Waals surface area contributed by atoms with Gasteiger partial charge in [0.05, 0.1) is 19.7 Å². The van der Waals surface area contributed by atoms with Crippen LogP contribution in [-0.4, -0.2) is 61.3 Å². The molecule has 0 spiro atoms. The highest BCUT2D eigenvalue weighted by Crippen LogP contribution is 2.36. The number of nitrogens with zero attached hydrogens (tertiary/aromatic N) is 4. The van der Waals surface area contributed by atoms with Crippen LogP contribution in [0.3, 0.4) is 0 Å². The topological polar surface area (TPSA) is 62.8 Å². The second kappa shape index (κ2) is 9.58. The summed E-state index contributed by atoms with van der Waals surface area (Å²) in [6.07, 6.45) is 4.72. The van der Waals surface area contributed by atoms with Crippen molar-refractivity contribution in [1.82, 2.24) is 14.9 Å². The van der Waals surface area contributed by atoms with Crippen LogP contribution in [0.5, 0.6) is 11.5 Å². The van der Waals surface area contributed by atoms with Gasteiger partial charge in [-0.25, -0.2) is 13.8 Å². The second-order valence-electron chi connectivity index (χ2n) is 8.81. The summed E-state index contributed by atoms with van der Waals surface area (Å²) in [5, 5.41) is 3.84. The first-order valence-corrected chi connectivity index (χ1v) is 11.7. The molecular formula is C25H29F2N5O2. The van der Waals surface area contributed by atoms with Gasteiger partial charge >= 0.3 is 0 Å². The van der Waals surface area contributed by atoms with Gasteiger partial charge in [0, 0.05) is 42.3 Å². The molecule has 1 aromatic heterocycles. The third kappa shape index (κ3) is 4.44. The third-order valence-electron chi connectivity index (χ3n) is 6.78. The molecule has 2 aliphatic rings. The highest BCUT2D eigenvalue weighted by molar-refractivity contribution is 5.94. The van der Waals surface area contributed by atoms with Crippen LogP contribution in [-0.2, 0) is 0 Å². The summed E-state index contributed by atoms with van der Waals surface area (Å²) in [5.41, 5.74) is 1.07. The van der Waals surface area contributed by atoms with Gasteiger partial charge in [-0.05, 0) is 57.0 Å². The van der Waals surface area contributed by atoms with Gasteiger partial charge in [0.1, 0.15) is 5.82 Å². The maximum atomic E-state index is 13.9. The summed E-state index contributed by atoms with van der Waals surface area (Å²) in [6, 6.07) is 7.91. The Kier molecular flexibility index (Phi) is 6.36. The van der Waals surface area contributed by atoms with Crippen molar-refractivity contribution in [3.8, 4) is 11.5 Å². The monoisotopic (exact) mass is 469 g/mol. The summed E-state index contributed by atoms with van der Waals surface area (Å²) < 4.78 is 38.2. The van der Waals surface area contributed by atoms with E-state index in [4.69, 9.17) is 19.4 Å². The van der Waals surface area contributed by atoms with E-state index in [0.717, 1.165) is 38.1 Å². The standard InChI is InChI=1S/C25H29F2N5O2/c1-33-22-14-18-21(15-23(22)34-2)29-25(30-24(18)28-16-5-6-19(26)20(27)13-16)32-11-7-17(8-12-32)31-9-3-4-10-31/h5-6,13-15,17H,3-4,7-12H2,1-2H3,(H,28,29,30). The van der Waals surface area contributed by atoms with E-state index in [-0.39, 0.29) is 0 Å². The number of benzene rings is 2. The average molecular weight is 470 g/mol. The zero-order chi connectivity index (χ0) is 23.7. The first kappa shape index (κ1) is 22.6. The number of hydrogen-bond donors (Lipinski definition) is 1. The molecule has 0 bridgehead atoms. The Hall–Kier alpha value is -3.20. The summed E-state index contributed by atoms with van der Waals surface area (Å²) in [4.78, 5) is 14.4. The van der Waals surface area contributed by atoms with Gasteiger partial charge in [-0.15, -0.1) is 0 Å². The minimum atomic E-state index is -0.924. The van der Waals surface area contributed by atoms with Crippen molar-refractivity contribution in [2.75, 3.05) is 50.6 Å². The minimum Gasteiger partial charge on any atom is -0.493 e. The van der Waals surface area contributed by atoms with E-state index in [1.54, 1.807) is 20.3 Å². The second-order valence-corrected chi connectivity index (χ2v) is 8.81. The van der Waals surface area contributed by atoms with E-state index in [2.05, 4.69) is 15.1 Å². The molecular weight excluding hydrogens is 440 g/mol. The molecule has 9 heteroatoms. The lowest BCUT2D eigenvalue weighted by Gasteiger charge is -2.36. The lowest BCUT2D eigenvalue weighted by atomic mass is 10.0. The predicted molar refractivity (Wildman–Crippen MR) is 128 cm³/mol. The van der Waals surface area contributed by atoms with Gasteiger partial charge in [-0.1, -0.05) is 0 Å². The smallest absolute Gasteiger partial charge is 0.227 e. The van der Waals surface area contributed by atoms with Crippen molar-refractivity contribution in [2.24, 2.45) is 0 Å². The van der Waals surface area contributed by atoms with Crippen LogP contribution < -0.4 is 19.7 Å². The number of piperidine rings is 1. The molecule has 0 radical (unpaired) electrons. The predicted octanol–water partition coefficient (Wildman–Crippen LogP) is 4.73. The molecule has 2 fully saturated rings. The quantitative estimate of drug-likeness (QED) is 0.560. The van der Waals surface area contributed by atoms with Crippen LogP contribution in [0.15, 0.2) is 30.3 Å². The summed E-state index contributed by atoms with van der Waals surface area (Å²) >= 11 is 0. The van der Waals surface area contributed by atoms with Crippen LogP contribution in [0, 0.1) is 11.6 Å². The Morgan fingerprint density at radius 3 is 2.26 bits per heavy atom. The molecule has 1 N–H and O–H groups in total. The minimum absolute atomic E-state index is 0.396. The molecule has 2 aliphatic heterocycles. The number of methoxy groups -OCH3 is 2. The van der Waals surface area contributed by atoms with Crippen molar-refractivity contribution >= 4 is 28.4 Å². The van der Waals surface area contributed by atoms with E-state index >= 15 is 0 Å². The van der Waals surface area contributed by atoms with E-state index in [9.17, 15) is 8.78 Å². The number of anilines is 3. The molecule has 2 saturated heterocycles. The third-order valence-corrected chi connectivity index (χ3v) is 6.78. The van der Waals surface area contributed by atoms with Gasteiger partial charge in [-0.3, -0.25) is 0 Å². The average Bonchev–Trinajstić information content (AvgIpc) is 3.40. The van der Waals surface area contributed by atoms with Gasteiger partial charge in [-0.2, -0.15) is 4.98 Å². The molecule has 180 valence electrons. The molecule has 3 heterocycles. The summed E-state index contributed by atoms with van der Waals surface area (Å²) in [7, 11) is 3.14. The fraction of sp³-hybridized carbons (Fsp3) is 0.440. The number of ether oxygens (including phenoxy) is 2. The van der Waals surface area contributed by atoms with Gasteiger partial charge in [0.2, 0.25) is 5.95 Å². The normalized spacial score (nSPS) is 17.4. The number of halogens is 2. The van der Waals surface area contributed by atoms with E-state index in [1.807, 2.05) is 6.07 Å². The fourth-order valence-electron chi connectivity index (χ4n) is 4.93. The van der Waals surface area contributed by atoms with Crippen molar-refractivity contribution in [2.45, 2.75) is 31.7 Å².